The van der Waals surface area contributed by atoms with Crippen LogP contribution in [0, 0.1) is 0 Å². The molecular formula is C25H50NO4+. The number of rotatable bonds is 21. The van der Waals surface area contributed by atoms with Crippen LogP contribution in [0.2, 0.25) is 0 Å². The van der Waals surface area contributed by atoms with Crippen LogP contribution in [0.4, 0.5) is 0 Å². The Labute approximate surface area is 185 Å². The van der Waals surface area contributed by atoms with Crippen LogP contribution < -0.4 is 0 Å². The maximum absolute atomic E-state index is 12.5. The number of hydrogen-bond donors (Lipinski definition) is 2. The molecule has 0 radical (unpaired) electrons. The highest BCUT2D eigenvalue weighted by Crippen LogP contribution is 2.20. The van der Waals surface area contributed by atoms with Gasteiger partial charge in [-0.3, -0.25) is 9.59 Å². The van der Waals surface area contributed by atoms with Crippen molar-refractivity contribution >= 4 is 11.8 Å². The van der Waals surface area contributed by atoms with Crippen LogP contribution in [0.25, 0.3) is 0 Å². The van der Waals surface area contributed by atoms with Crippen LogP contribution in [0.1, 0.15) is 116 Å². The van der Waals surface area contributed by atoms with E-state index in [4.69, 9.17) is 5.11 Å². The highest BCUT2D eigenvalue weighted by Gasteiger charge is 2.42. The van der Waals surface area contributed by atoms with Crippen molar-refractivity contribution < 1.29 is 24.3 Å². The van der Waals surface area contributed by atoms with Gasteiger partial charge >= 0.3 is 5.97 Å². The third kappa shape index (κ3) is 16.8. The van der Waals surface area contributed by atoms with Crippen molar-refractivity contribution in [2.75, 3.05) is 27.7 Å². The van der Waals surface area contributed by atoms with Crippen LogP contribution in [0.3, 0.4) is 0 Å². The van der Waals surface area contributed by atoms with Gasteiger partial charge in [0.15, 0.2) is 11.4 Å². The molecule has 30 heavy (non-hydrogen) atoms. The molecule has 0 fully saturated rings. The summed E-state index contributed by atoms with van der Waals surface area (Å²) in [4.78, 5) is 23.6. The van der Waals surface area contributed by atoms with E-state index in [1.165, 1.54) is 77.0 Å². The van der Waals surface area contributed by atoms with E-state index in [-0.39, 0.29) is 18.7 Å². The fourth-order valence-electron chi connectivity index (χ4n) is 4.17. The number of carboxylic acids is 1. The normalized spacial score (nSPS) is 13.9. The number of aliphatic hydroxyl groups is 1. The highest BCUT2D eigenvalue weighted by atomic mass is 16.4. The number of aliphatic carboxylic acids is 1. The van der Waals surface area contributed by atoms with Crippen molar-refractivity contribution in [2.45, 2.75) is 122 Å². The fourth-order valence-corrected chi connectivity index (χ4v) is 4.17. The summed E-state index contributed by atoms with van der Waals surface area (Å²) in [6.45, 7) is 2.38. The Morgan fingerprint density at radius 3 is 1.40 bits per heavy atom. The zero-order valence-electron chi connectivity index (χ0n) is 20.4. The summed E-state index contributed by atoms with van der Waals surface area (Å²) in [6, 6.07) is 0. The molecule has 5 heteroatoms. The number of carbonyl (C=O) groups is 2. The van der Waals surface area contributed by atoms with Crippen molar-refractivity contribution in [2.24, 2.45) is 0 Å². The lowest BCUT2D eigenvalue weighted by atomic mass is 9.89. The molecule has 0 aromatic heterocycles. The Hall–Kier alpha value is -0.940. The first-order chi connectivity index (χ1) is 14.1. The summed E-state index contributed by atoms with van der Waals surface area (Å²) in [5.74, 6) is -1.46. The first kappa shape index (κ1) is 29.1. The first-order valence-corrected chi connectivity index (χ1v) is 12.4. The topological polar surface area (TPSA) is 74.6 Å². The molecule has 0 bridgehead atoms. The van der Waals surface area contributed by atoms with E-state index in [9.17, 15) is 14.7 Å². The number of unbranched alkanes of at least 4 members (excludes halogenated alkanes) is 14. The Balaban J connectivity index is 3.74. The minimum Gasteiger partial charge on any atom is -0.481 e. The van der Waals surface area contributed by atoms with E-state index in [1.807, 2.05) is 21.1 Å². The van der Waals surface area contributed by atoms with Gasteiger partial charge in [0.25, 0.3) is 0 Å². The quantitative estimate of drug-likeness (QED) is 0.181. The van der Waals surface area contributed by atoms with Gasteiger partial charge in [-0.2, -0.15) is 0 Å². The Kier molecular flexibility index (Phi) is 16.2. The van der Waals surface area contributed by atoms with E-state index in [0.29, 0.717) is 4.48 Å². The molecule has 0 aliphatic carbocycles. The smallest absolute Gasteiger partial charge is 0.306 e. The summed E-state index contributed by atoms with van der Waals surface area (Å²) in [6.07, 6.45) is 18.7. The molecule has 0 rings (SSSR count). The van der Waals surface area contributed by atoms with Gasteiger partial charge < -0.3 is 14.7 Å². The van der Waals surface area contributed by atoms with Gasteiger partial charge in [0.05, 0.1) is 27.6 Å². The summed E-state index contributed by atoms with van der Waals surface area (Å²) >= 11 is 0. The van der Waals surface area contributed by atoms with Gasteiger partial charge in [-0.15, -0.1) is 0 Å². The minimum absolute atomic E-state index is 0.122. The number of ketones is 1. The molecule has 178 valence electrons. The molecule has 0 aliphatic heterocycles. The Morgan fingerprint density at radius 2 is 1.07 bits per heavy atom. The molecule has 0 aliphatic rings. The molecule has 2 N–H and O–H groups in total. The number of hydrogen-bond acceptors (Lipinski definition) is 3. The SMILES string of the molecule is CCCCCCCCCCCCCCCCCC(=O)C(O)(CC(=O)O)C[N+](C)(C)C. The second kappa shape index (κ2) is 16.7. The van der Waals surface area contributed by atoms with Gasteiger partial charge in [0.1, 0.15) is 6.54 Å². The molecule has 0 amide bonds. The van der Waals surface area contributed by atoms with Crippen molar-refractivity contribution in [1.29, 1.82) is 0 Å². The zero-order chi connectivity index (χ0) is 22.9. The molecular weight excluding hydrogens is 378 g/mol. The molecule has 0 saturated carbocycles. The number of quaternary nitrogens is 1. The van der Waals surface area contributed by atoms with Crippen molar-refractivity contribution in [3.05, 3.63) is 0 Å². The summed E-state index contributed by atoms with van der Waals surface area (Å²) in [7, 11) is 5.56. The van der Waals surface area contributed by atoms with E-state index >= 15 is 0 Å². The average Bonchev–Trinajstić information content (AvgIpc) is 2.62. The predicted molar refractivity (Wildman–Crippen MR) is 125 cm³/mol. The fraction of sp³-hybridized carbons (Fsp3) is 0.920. The van der Waals surface area contributed by atoms with E-state index in [0.717, 1.165) is 19.3 Å². The molecule has 1 unspecified atom stereocenters. The van der Waals surface area contributed by atoms with E-state index in [2.05, 4.69) is 6.92 Å². The lowest BCUT2D eigenvalue weighted by Gasteiger charge is -2.33. The van der Waals surface area contributed by atoms with Crippen LogP contribution in [0.5, 0.6) is 0 Å². The second-order valence-electron chi connectivity index (χ2n) is 10.2. The number of Topliss-reactive ketones (excluding diaryl/α,β-unsaturated/α-hetero) is 1. The number of likely N-dealkylation sites (N-methyl/N-ethyl adjacent to an activating group) is 1. The Bertz CT molecular complexity index is 459. The van der Waals surface area contributed by atoms with Gasteiger partial charge in [0, 0.05) is 6.42 Å². The standard InChI is InChI=1S/C25H49NO4/c1-5-6-7-8-9-10-11-12-13-14-15-16-17-18-19-20-23(27)25(30,21-24(28)29)22-26(2,3)4/h30H,5-22H2,1-4H3/p+1. The monoisotopic (exact) mass is 428 g/mol. The second-order valence-corrected chi connectivity index (χ2v) is 10.2. The number of carbonyl (C=O) groups excluding carboxylic acids is 1. The van der Waals surface area contributed by atoms with Crippen LogP contribution in [-0.4, -0.2) is 59.7 Å². The largest absolute Gasteiger partial charge is 0.481 e. The van der Waals surface area contributed by atoms with Gasteiger partial charge in [-0.25, -0.2) is 0 Å². The molecule has 1 atom stereocenters. The van der Waals surface area contributed by atoms with Crippen molar-refractivity contribution in [3.63, 3.8) is 0 Å². The van der Waals surface area contributed by atoms with Crippen LogP contribution in [-0.2, 0) is 9.59 Å². The lowest BCUT2D eigenvalue weighted by Crippen LogP contribution is -2.54. The van der Waals surface area contributed by atoms with Gasteiger partial charge in [0.2, 0.25) is 0 Å². The zero-order valence-corrected chi connectivity index (χ0v) is 20.4. The number of carboxylic acid groups (broad SMARTS) is 1. The highest BCUT2D eigenvalue weighted by molar-refractivity contribution is 5.90. The maximum atomic E-state index is 12.5. The van der Waals surface area contributed by atoms with Crippen molar-refractivity contribution in [3.8, 4) is 0 Å². The first-order valence-electron chi connectivity index (χ1n) is 12.4. The summed E-state index contributed by atoms with van der Waals surface area (Å²) in [5.41, 5.74) is -1.76. The molecule has 0 heterocycles. The van der Waals surface area contributed by atoms with Crippen LogP contribution in [0.15, 0.2) is 0 Å². The van der Waals surface area contributed by atoms with Gasteiger partial charge in [-0.05, 0) is 6.42 Å². The summed E-state index contributed by atoms with van der Waals surface area (Å²) in [5, 5.41) is 19.7. The summed E-state index contributed by atoms with van der Waals surface area (Å²) < 4.78 is 0.356. The van der Waals surface area contributed by atoms with E-state index < -0.39 is 18.0 Å². The predicted octanol–water partition coefficient (Wildman–Crippen LogP) is 5.73. The Morgan fingerprint density at radius 1 is 0.700 bits per heavy atom. The lowest BCUT2D eigenvalue weighted by molar-refractivity contribution is -0.875. The minimum atomic E-state index is -1.76. The molecule has 0 saturated heterocycles. The molecule has 0 aromatic rings. The van der Waals surface area contributed by atoms with Crippen LogP contribution >= 0.6 is 0 Å². The molecule has 0 aromatic carbocycles. The van der Waals surface area contributed by atoms with Gasteiger partial charge in [-0.1, -0.05) is 96.8 Å². The number of nitrogens with zero attached hydrogens (tertiary/aromatic N) is 1. The van der Waals surface area contributed by atoms with Crippen molar-refractivity contribution in [1.82, 2.24) is 0 Å². The molecule has 5 nitrogen and oxygen atoms in total. The van der Waals surface area contributed by atoms with E-state index in [1.54, 1.807) is 0 Å². The third-order valence-corrected chi connectivity index (χ3v) is 5.71. The average molecular weight is 429 g/mol. The molecule has 0 spiro atoms. The maximum Gasteiger partial charge on any atom is 0.306 e. The third-order valence-electron chi connectivity index (χ3n) is 5.71.